The quantitative estimate of drug-likeness (QED) is 0.871. The lowest BCUT2D eigenvalue weighted by Crippen LogP contribution is -1.98. The molecule has 2 N–H and O–H groups in total. The highest BCUT2D eigenvalue weighted by Gasteiger charge is 2.05. The predicted molar refractivity (Wildman–Crippen MR) is 64.9 cm³/mol. The fourth-order valence-corrected chi connectivity index (χ4v) is 1.47. The van der Waals surface area contributed by atoms with Gasteiger partial charge < -0.3 is 15.2 Å². The lowest BCUT2D eigenvalue weighted by molar-refractivity contribution is 0.292. The number of aryl methyl sites for hydroxylation is 1. The van der Waals surface area contributed by atoms with Crippen molar-refractivity contribution in [1.29, 1.82) is 0 Å². The van der Waals surface area contributed by atoms with Crippen LogP contribution in [0.4, 0.5) is 5.69 Å². The Kier molecular flexibility index (Phi) is 3.18. The molecule has 0 saturated carbocycles. The minimum absolute atomic E-state index is 0.436. The molecule has 2 aromatic rings. The maximum absolute atomic E-state index is 5.72. The van der Waals surface area contributed by atoms with Crippen LogP contribution >= 0.6 is 0 Å². The second kappa shape index (κ2) is 4.78. The number of hydrogen-bond donors (Lipinski definition) is 1. The third kappa shape index (κ3) is 2.69. The van der Waals surface area contributed by atoms with Crippen molar-refractivity contribution in [2.45, 2.75) is 6.61 Å². The van der Waals surface area contributed by atoms with Crippen molar-refractivity contribution in [2.75, 3.05) is 12.8 Å². The fourth-order valence-electron chi connectivity index (χ4n) is 1.47. The minimum Gasteiger partial charge on any atom is -0.497 e. The summed E-state index contributed by atoms with van der Waals surface area (Å²) in [6.07, 6.45) is 1.71. The SMILES string of the molecule is COc1ccc(COc2nn(C)cc2N)cc1. The molecule has 0 spiro atoms. The van der Waals surface area contributed by atoms with Crippen LogP contribution in [0.2, 0.25) is 0 Å². The molecule has 17 heavy (non-hydrogen) atoms. The number of aromatic nitrogens is 2. The van der Waals surface area contributed by atoms with Crippen LogP contribution in [0.5, 0.6) is 11.6 Å². The van der Waals surface area contributed by atoms with Crippen molar-refractivity contribution in [1.82, 2.24) is 9.78 Å². The molecular weight excluding hydrogens is 218 g/mol. The number of anilines is 1. The van der Waals surface area contributed by atoms with Gasteiger partial charge >= 0.3 is 0 Å². The van der Waals surface area contributed by atoms with E-state index in [0.29, 0.717) is 18.2 Å². The van der Waals surface area contributed by atoms with Crippen molar-refractivity contribution in [2.24, 2.45) is 7.05 Å². The first-order chi connectivity index (χ1) is 8.19. The molecule has 0 radical (unpaired) electrons. The third-order valence-electron chi connectivity index (χ3n) is 2.36. The predicted octanol–water partition coefficient (Wildman–Crippen LogP) is 1.59. The molecule has 1 heterocycles. The van der Waals surface area contributed by atoms with Crippen LogP contribution in [0.3, 0.4) is 0 Å². The van der Waals surface area contributed by atoms with E-state index in [2.05, 4.69) is 5.10 Å². The van der Waals surface area contributed by atoms with Crippen molar-refractivity contribution in [3.63, 3.8) is 0 Å². The number of nitrogens with zero attached hydrogens (tertiary/aromatic N) is 2. The average molecular weight is 233 g/mol. The Hall–Kier alpha value is -2.17. The van der Waals surface area contributed by atoms with Crippen molar-refractivity contribution < 1.29 is 9.47 Å². The molecule has 0 saturated heterocycles. The Morgan fingerprint density at radius 1 is 1.29 bits per heavy atom. The van der Waals surface area contributed by atoms with Crippen molar-refractivity contribution in [3.05, 3.63) is 36.0 Å². The molecule has 0 unspecified atom stereocenters. The summed E-state index contributed by atoms with van der Waals surface area (Å²) < 4.78 is 12.2. The van der Waals surface area contributed by atoms with Crippen LogP contribution in [0.15, 0.2) is 30.5 Å². The highest BCUT2D eigenvalue weighted by Crippen LogP contribution is 2.19. The molecule has 5 nitrogen and oxygen atoms in total. The van der Waals surface area contributed by atoms with E-state index in [4.69, 9.17) is 15.2 Å². The molecule has 2 rings (SSSR count). The lowest BCUT2D eigenvalue weighted by Gasteiger charge is -2.05. The highest BCUT2D eigenvalue weighted by molar-refractivity contribution is 5.45. The normalized spacial score (nSPS) is 10.2. The zero-order valence-corrected chi connectivity index (χ0v) is 9.88. The molecule has 0 bridgehead atoms. The molecule has 1 aromatic carbocycles. The third-order valence-corrected chi connectivity index (χ3v) is 2.36. The maximum atomic E-state index is 5.72. The van der Waals surface area contributed by atoms with Crippen LogP contribution in [-0.2, 0) is 13.7 Å². The van der Waals surface area contributed by atoms with Gasteiger partial charge in [0, 0.05) is 7.05 Å². The van der Waals surface area contributed by atoms with Crippen molar-refractivity contribution >= 4 is 5.69 Å². The molecule has 0 aliphatic heterocycles. The number of rotatable bonds is 4. The second-order valence-corrected chi connectivity index (χ2v) is 3.70. The number of nitrogens with two attached hydrogens (primary N) is 1. The van der Waals surface area contributed by atoms with Crippen LogP contribution < -0.4 is 15.2 Å². The van der Waals surface area contributed by atoms with Gasteiger partial charge in [0.2, 0.25) is 0 Å². The first-order valence-electron chi connectivity index (χ1n) is 5.24. The van der Waals surface area contributed by atoms with Gasteiger partial charge in [0.1, 0.15) is 18.0 Å². The molecule has 0 aliphatic rings. The van der Waals surface area contributed by atoms with Crippen LogP contribution in [0.25, 0.3) is 0 Å². The molecule has 5 heteroatoms. The molecule has 0 fully saturated rings. The summed E-state index contributed by atoms with van der Waals surface area (Å²) in [7, 11) is 3.44. The van der Waals surface area contributed by atoms with Gasteiger partial charge in [-0.3, -0.25) is 4.68 Å². The smallest absolute Gasteiger partial charge is 0.256 e. The number of nitrogen functional groups attached to an aromatic ring is 1. The molecule has 1 aromatic heterocycles. The second-order valence-electron chi connectivity index (χ2n) is 3.70. The molecule has 90 valence electrons. The van der Waals surface area contributed by atoms with E-state index in [9.17, 15) is 0 Å². The van der Waals surface area contributed by atoms with E-state index in [1.807, 2.05) is 24.3 Å². The van der Waals surface area contributed by atoms with Crippen LogP contribution in [-0.4, -0.2) is 16.9 Å². The van der Waals surface area contributed by atoms with Gasteiger partial charge in [-0.2, -0.15) is 0 Å². The first-order valence-corrected chi connectivity index (χ1v) is 5.24. The lowest BCUT2D eigenvalue weighted by atomic mass is 10.2. The van der Waals surface area contributed by atoms with Gasteiger partial charge in [-0.1, -0.05) is 12.1 Å². The average Bonchev–Trinajstić information content (AvgIpc) is 2.66. The largest absolute Gasteiger partial charge is 0.497 e. The van der Waals surface area contributed by atoms with Gasteiger partial charge in [0.15, 0.2) is 0 Å². The van der Waals surface area contributed by atoms with Gasteiger partial charge in [-0.05, 0) is 17.7 Å². The summed E-state index contributed by atoms with van der Waals surface area (Å²) in [6.45, 7) is 0.436. The van der Waals surface area contributed by atoms with E-state index >= 15 is 0 Å². The number of hydrogen-bond acceptors (Lipinski definition) is 4. The summed E-state index contributed by atoms with van der Waals surface area (Å²) in [5.41, 5.74) is 7.30. The topological polar surface area (TPSA) is 62.3 Å². The van der Waals surface area contributed by atoms with E-state index in [1.54, 1.807) is 25.0 Å². The number of benzene rings is 1. The monoisotopic (exact) mass is 233 g/mol. The summed E-state index contributed by atoms with van der Waals surface area (Å²) >= 11 is 0. The number of ether oxygens (including phenoxy) is 2. The van der Waals surface area contributed by atoms with Gasteiger partial charge in [0.05, 0.1) is 13.3 Å². The van der Waals surface area contributed by atoms with Gasteiger partial charge in [-0.25, -0.2) is 0 Å². The summed E-state index contributed by atoms with van der Waals surface area (Å²) in [5.74, 6) is 1.29. The zero-order valence-electron chi connectivity index (χ0n) is 9.88. The summed E-state index contributed by atoms with van der Waals surface area (Å²) in [5, 5.41) is 4.10. The summed E-state index contributed by atoms with van der Waals surface area (Å²) in [4.78, 5) is 0. The Morgan fingerprint density at radius 2 is 2.00 bits per heavy atom. The fraction of sp³-hybridized carbons (Fsp3) is 0.250. The van der Waals surface area contributed by atoms with E-state index in [0.717, 1.165) is 11.3 Å². The molecule has 0 amide bonds. The minimum atomic E-state index is 0.436. The molecule has 0 atom stereocenters. The first kappa shape index (κ1) is 11.3. The van der Waals surface area contributed by atoms with Gasteiger partial charge in [-0.15, -0.1) is 5.10 Å². The van der Waals surface area contributed by atoms with E-state index in [1.165, 1.54) is 0 Å². The van der Waals surface area contributed by atoms with Crippen LogP contribution in [0, 0.1) is 0 Å². The standard InChI is InChI=1S/C12H15N3O2/c1-15-7-11(13)12(14-15)17-8-9-3-5-10(16-2)6-4-9/h3-7H,8,13H2,1-2H3. The van der Waals surface area contributed by atoms with E-state index in [-0.39, 0.29) is 0 Å². The molecule has 0 aliphatic carbocycles. The Labute approximate surface area is 99.8 Å². The Morgan fingerprint density at radius 3 is 2.53 bits per heavy atom. The highest BCUT2D eigenvalue weighted by atomic mass is 16.5. The summed E-state index contributed by atoms with van der Waals surface area (Å²) in [6, 6.07) is 7.66. The Balaban J connectivity index is 1.99. The zero-order chi connectivity index (χ0) is 12.3. The van der Waals surface area contributed by atoms with Gasteiger partial charge in [0.25, 0.3) is 5.88 Å². The van der Waals surface area contributed by atoms with Crippen molar-refractivity contribution in [3.8, 4) is 11.6 Å². The number of methoxy groups -OCH3 is 1. The van der Waals surface area contributed by atoms with E-state index < -0.39 is 0 Å². The maximum Gasteiger partial charge on any atom is 0.256 e. The van der Waals surface area contributed by atoms with Crippen LogP contribution in [0.1, 0.15) is 5.56 Å². The Bertz CT molecular complexity index is 491. The molecular formula is C12H15N3O2.